The van der Waals surface area contributed by atoms with Gasteiger partial charge in [-0.3, -0.25) is 4.79 Å². The summed E-state index contributed by atoms with van der Waals surface area (Å²) in [6.07, 6.45) is 0.0505. The van der Waals surface area contributed by atoms with E-state index in [0.717, 1.165) is 0 Å². The van der Waals surface area contributed by atoms with Gasteiger partial charge in [-0.15, -0.1) is 0 Å². The first-order chi connectivity index (χ1) is 9.58. The summed E-state index contributed by atoms with van der Waals surface area (Å²) in [5.41, 5.74) is 7.19. The molecule has 0 aliphatic rings. The van der Waals surface area contributed by atoms with Gasteiger partial charge < -0.3 is 10.5 Å². The predicted molar refractivity (Wildman–Crippen MR) is 75.8 cm³/mol. The number of para-hydroxylation sites is 1. The van der Waals surface area contributed by atoms with Crippen LogP contribution in [0.15, 0.2) is 42.5 Å². The van der Waals surface area contributed by atoms with Gasteiger partial charge in [-0.1, -0.05) is 41.9 Å². The van der Waals surface area contributed by atoms with Crippen LogP contribution in [0.2, 0.25) is 5.02 Å². The lowest BCUT2D eigenvalue weighted by Crippen LogP contribution is -2.10. The Kier molecular flexibility index (Phi) is 4.58. The highest BCUT2D eigenvalue weighted by molar-refractivity contribution is 6.30. The van der Waals surface area contributed by atoms with E-state index in [1.165, 1.54) is 12.1 Å². The average Bonchev–Trinajstić information content (AvgIpc) is 2.43. The van der Waals surface area contributed by atoms with E-state index in [9.17, 15) is 9.18 Å². The number of rotatable bonds is 4. The number of nitrogens with two attached hydrogens (primary N) is 1. The zero-order valence-corrected chi connectivity index (χ0v) is 11.4. The molecule has 20 heavy (non-hydrogen) atoms. The van der Waals surface area contributed by atoms with E-state index in [2.05, 4.69) is 0 Å². The normalized spacial score (nSPS) is 10.3. The zero-order chi connectivity index (χ0) is 14.5. The Balaban J connectivity index is 1.96. The van der Waals surface area contributed by atoms with Crippen LogP contribution in [0.25, 0.3) is 0 Å². The molecule has 0 aromatic heterocycles. The van der Waals surface area contributed by atoms with Crippen LogP contribution in [0.1, 0.15) is 11.1 Å². The summed E-state index contributed by atoms with van der Waals surface area (Å²) in [5, 5.41) is 0.00542. The van der Waals surface area contributed by atoms with Gasteiger partial charge in [0.05, 0.1) is 11.4 Å². The standard InChI is InChI=1S/C15H13ClFNO2/c16-12-6-3-5-11(15(12)17)9-20-14(19)8-10-4-1-2-7-13(10)18/h1-7H,8-9,18H2. The highest BCUT2D eigenvalue weighted by Crippen LogP contribution is 2.19. The Bertz CT molecular complexity index is 631. The molecule has 0 radical (unpaired) electrons. The number of anilines is 1. The van der Waals surface area contributed by atoms with E-state index in [1.807, 2.05) is 0 Å². The first-order valence-corrected chi connectivity index (χ1v) is 6.37. The van der Waals surface area contributed by atoms with Gasteiger partial charge in [0, 0.05) is 11.3 Å². The van der Waals surface area contributed by atoms with Gasteiger partial charge in [0.15, 0.2) is 0 Å². The zero-order valence-electron chi connectivity index (χ0n) is 10.6. The number of halogens is 2. The van der Waals surface area contributed by atoms with Crippen molar-refractivity contribution in [3.8, 4) is 0 Å². The van der Waals surface area contributed by atoms with E-state index < -0.39 is 11.8 Å². The minimum atomic E-state index is -0.568. The molecule has 0 saturated carbocycles. The lowest BCUT2D eigenvalue weighted by molar-refractivity contribution is -0.144. The molecule has 0 saturated heterocycles. The van der Waals surface area contributed by atoms with Crippen molar-refractivity contribution >= 4 is 23.3 Å². The highest BCUT2D eigenvalue weighted by atomic mass is 35.5. The van der Waals surface area contributed by atoms with E-state index in [-0.39, 0.29) is 23.6 Å². The van der Waals surface area contributed by atoms with Crippen molar-refractivity contribution in [3.63, 3.8) is 0 Å². The van der Waals surface area contributed by atoms with Crippen LogP contribution in [0.3, 0.4) is 0 Å². The summed E-state index contributed by atoms with van der Waals surface area (Å²) in [5.74, 6) is -1.04. The molecule has 2 aromatic carbocycles. The van der Waals surface area contributed by atoms with E-state index >= 15 is 0 Å². The minimum absolute atomic E-state index is 0.00542. The van der Waals surface area contributed by atoms with Crippen LogP contribution in [-0.4, -0.2) is 5.97 Å². The van der Waals surface area contributed by atoms with Gasteiger partial charge in [0.25, 0.3) is 0 Å². The monoisotopic (exact) mass is 293 g/mol. The van der Waals surface area contributed by atoms with Gasteiger partial charge in [-0.05, 0) is 17.7 Å². The van der Waals surface area contributed by atoms with Crippen molar-refractivity contribution in [2.45, 2.75) is 13.0 Å². The minimum Gasteiger partial charge on any atom is -0.460 e. The number of nitrogen functional groups attached to an aromatic ring is 1. The van der Waals surface area contributed by atoms with E-state index in [1.54, 1.807) is 30.3 Å². The van der Waals surface area contributed by atoms with E-state index in [0.29, 0.717) is 11.3 Å². The molecular weight excluding hydrogens is 281 g/mol. The van der Waals surface area contributed by atoms with Gasteiger partial charge in [0.2, 0.25) is 0 Å². The maximum absolute atomic E-state index is 13.6. The van der Waals surface area contributed by atoms with Crippen LogP contribution in [-0.2, 0) is 22.6 Å². The Morgan fingerprint density at radius 2 is 1.85 bits per heavy atom. The SMILES string of the molecule is Nc1ccccc1CC(=O)OCc1cccc(Cl)c1F. The average molecular weight is 294 g/mol. The van der Waals surface area contributed by atoms with Crippen molar-refractivity contribution in [3.05, 3.63) is 64.4 Å². The quantitative estimate of drug-likeness (QED) is 0.695. The third-order valence-corrected chi connectivity index (χ3v) is 3.10. The Labute approximate surface area is 121 Å². The Morgan fingerprint density at radius 3 is 2.60 bits per heavy atom. The second kappa shape index (κ2) is 6.39. The van der Waals surface area contributed by atoms with Crippen LogP contribution < -0.4 is 5.73 Å². The lowest BCUT2D eigenvalue weighted by Gasteiger charge is -2.08. The van der Waals surface area contributed by atoms with Gasteiger partial charge >= 0.3 is 5.97 Å². The fourth-order valence-corrected chi connectivity index (χ4v) is 1.91. The smallest absolute Gasteiger partial charge is 0.310 e. The second-order valence-electron chi connectivity index (χ2n) is 4.25. The number of carbonyl (C=O) groups excluding carboxylic acids is 1. The van der Waals surface area contributed by atoms with E-state index in [4.69, 9.17) is 22.1 Å². The first kappa shape index (κ1) is 14.3. The summed E-state index contributed by atoms with van der Waals surface area (Å²) in [6, 6.07) is 11.6. The summed E-state index contributed by atoms with van der Waals surface area (Å²) >= 11 is 5.65. The number of hydrogen-bond acceptors (Lipinski definition) is 3. The number of carbonyl (C=O) groups is 1. The summed E-state index contributed by atoms with van der Waals surface area (Å²) in [4.78, 5) is 11.7. The molecule has 0 amide bonds. The fourth-order valence-electron chi connectivity index (χ4n) is 1.72. The molecule has 2 aromatic rings. The third kappa shape index (κ3) is 3.48. The van der Waals surface area contributed by atoms with Crippen molar-refractivity contribution in [2.75, 3.05) is 5.73 Å². The molecule has 2 N–H and O–H groups in total. The number of benzene rings is 2. The van der Waals surface area contributed by atoms with Crippen LogP contribution in [0.5, 0.6) is 0 Å². The molecule has 104 valence electrons. The summed E-state index contributed by atoms with van der Waals surface area (Å²) in [6.45, 7) is -0.155. The predicted octanol–water partition coefficient (Wildman–Crippen LogP) is 3.35. The molecule has 0 spiro atoms. The first-order valence-electron chi connectivity index (χ1n) is 6.00. The molecular formula is C15H13ClFNO2. The lowest BCUT2D eigenvalue weighted by atomic mass is 10.1. The molecule has 0 heterocycles. The number of hydrogen-bond donors (Lipinski definition) is 1. The molecule has 0 aliphatic heterocycles. The molecule has 5 heteroatoms. The number of esters is 1. The number of ether oxygens (including phenoxy) is 1. The Hall–Kier alpha value is -2.07. The maximum Gasteiger partial charge on any atom is 0.310 e. The van der Waals surface area contributed by atoms with Crippen LogP contribution >= 0.6 is 11.6 Å². The molecule has 3 nitrogen and oxygen atoms in total. The maximum atomic E-state index is 13.6. The van der Waals surface area contributed by atoms with Crippen molar-refractivity contribution in [1.82, 2.24) is 0 Å². The van der Waals surface area contributed by atoms with Crippen molar-refractivity contribution < 1.29 is 13.9 Å². The van der Waals surface area contributed by atoms with Gasteiger partial charge in [-0.2, -0.15) is 0 Å². The van der Waals surface area contributed by atoms with Crippen molar-refractivity contribution in [2.24, 2.45) is 0 Å². The summed E-state index contributed by atoms with van der Waals surface area (Å²) < 4.78 is 18.6. The molecule has 0 unspecified atom stereocenters. The molecule has 0 bridgehead atoms. The largest absolute Gasteiger partial charge is 0.460 e. The van der Waals surface area contributed by atoms with Crippen LogP contribution in [0.4, 0.5) is 10.1 Å². The Morgan fingerprint density at radius 1 is 1.15 bits per heavy atom. The third-order valence-electron chi connectivity index (χ3n) is 2.81. The highest BCUT2D eigenvalue weighted by Gasteiger charge is 2.11. The van der Waals surface area contributed by atoms with Gasteiger partial charge in [0.1, 0.15) is 12.4 Å². The second-order valence-corrected chi connectivity index (χ2v) is 4.66. The van der Waals surface area contributed by atoms with Gasteiger partial charge in [-0.25, -0.2) is 4.39 Å². The molecule has 0 atom stereocenters. The molecule has 0 aliphatic carbocycles. The van der Waals surface area contributed by atoms with Crippen molar-refractivity contribution in [1.29, 1.82) is 0 Å². The topological polar surface area (TPSA) is 52.3 Å². The van der Waals surface area contributed by atoms with Crippen LogP contribution in [0, 0.1) is 5.82 Å². The molecule has 2 rings (SSSR count). The fraction of sp³-hybridized carbons (Fsp3) is 0.133. The molecule has 0 fully saturated rings. The summed E-state index contributed by atoms with van der Waals surface area (Å²) in [7, 11) is 0.